The minimum atomic E-state index is 0.801. The molecule has 0 aliphatic carbocycles. The first-order chi connectivity index (χ1) is 7.70. The summed E-state index contributed by atoms with van der Waals surface area (Å²) in [5.41, 5.74) is 2.35. The van der Waals surface area contributed by atoms with Crippen LogP contribution in [0.2, 0.25) is 5.02 Å². The first-order valence-corrected chi connectivity index (χ1v) is 6.18. The number of rotatable bonds is 0. The lowest BCUT2D eigenvalue weighted by molar-refractivity contribution is 1.01. The van der Waals surface area contributed by atoms with Crippen molar-refractivity contribution in [3.63, 3.8) is 0 Å². The number of nitrogens with zero attached hydrogens (tertiary/aromatic N) is 1. The van der Waals surface area contributed by atoms with E-state index < -0.39 is 0 Å². The van der Waals surface area contributed by atoms with Crippen LogP contribution in [0.3, 0.4) is 0 Å². The summed E-state index contributed by atoms with van der Waals surface area (Å²) in [7, 11) is 2.06. The molecule has 0 N–H and O–H groups in total. The van der Waals surface area contributed by atoms with Gasteiger partial charge in [-0.15, -0.1) is 0 Å². The third kappa shape index (κ3) is 1.23. The van der Waals surface area contributed by atoms with Crippen LogP contribution in [-0.4, -0.2) is 4.57 Å². The van der Waals surface area contributed by atoms with Crippen LogP contribution in [0.1, 0.15) is 0 Å². The van der Waals surface area contributed by atoms with Crippen LogP contribution in [0.5, 0.6) is 0 Å². The van der Waals surface area contributed by atoms with E-state index in [2.05, 4.69) is 39.7 Å². The molecule has 0 radical (unpaired) electrons. The van der Waals surface area contributed by atoms with Crippen molar-refractivity contribution in [3.05, 3.63) is 45.9 Å². The number of aryl methyl sites for hydroxylation is 1. The highest BCUT2D eigenvalue weighted by atomic mass is 79.9. The molecule has 80 valence electrons. The van der Waals surface area contributed by atoms with E-state index in [9.17, 15) is 0 Å². The van der Waals surface area contributed by atoms with Crippen molar-refractivity contribution in [2.24, 2.45) is 7.05 Å². The van der Waals surface area contributed by atoms with E-state index in [1.807, 2.05) is 24.3 Å². The molecule has 0 aliphatic heterocycles. The van der Waals surface area contributed by atoms with E-state index in [0.717, 1.165) is 20.4 Å². The molecule has 0 saturated heterocycles. The fourth-order valence-electron chi connectivity index (χ4n) is 2.22. The van der Waals surface area contributed by atoms with Gasteiger partial charge in [-0.2, -0.15) is 0 Å². The lowest BCUT2D eigenvalue weighted by Gasteiger charge is -2.00. The van der Waals surface area contributed by atoms with Gasteiger partial charge in [0.15, 0.2) is 0 Å². The molecule has 2 aromatic carbocycles. The van der Waals surface area contributed by atoms with Crippen LogP contribution in [0.25, 0.3) is 21.8 Å². The largest absolute Gasteiger partial charge is 0.343 e. The van der Waals surface area contributed by atoms with Gasteiger partial charge in [0.25, 0.3) is 0 Å². The van der Waals surface area contributed by atoms with Gasteiger partial charge in [-0.1, -0.05) is 29.8 Å². The van der Waals surface area contributed by atoms with E-state index in [4.69, 9.17) is 11.6 Å². The average molecular weight is 295 g/mol. The highest BCUT2D eigenvalue weighted by molar-refractivity contribution is 9.10. The number of aromatic nitrogens is 1. The summed E-state index contributed by atoms with van der Waals surface area (Å²) in [5, 5.41) is 3.12. The van der Waals surface area contributed by atoms with Gasteiger partial charge >= 0.3 is 0 Å². The molecule has 1 aromatic heterocycles. The Labute approximate surface area is 107 Å². The van der Waals surface area contributed by atoms with Crippen molar-refractivity contribution in [1.29, 1.82) is 0 Å². The molecule has 0 amide bonds. The Kier molecular flexibility index (Phi) is 2.23. The molecule has 16 heavy (non-hydrogen) atoms. The lowest BCUT2D eigenvalue weighted by Crippen LogP contribution is -1.86. The topological polar surface area (TPSA) is 4.93 Å². The summed E-state index contributed by atoms with van der Waals surface area (Å²) in [6, 6.07) is 12.2. The molecule has 0 unspecified atom stereocenters. The number of fused-ring (bicyclic) bond motifs is 3. The van der Waals surface area contributed by atoms with E-state index in [1.165, 1.54) is 10.9 Å². The van der Waals surface area contributed by atoms with Crippen LogP contribution >= 0.6 is 27.5 Å². The number of hydrogen-bond acceptors (Lipinski definition) is 0. The molecule has 0 bridgehead atoms. The van der Waals surface area contributed by atoms with Gasteiger partial charge < -0.3 is 4.57 Å². The Morgan fingerprint density at radius 2 is 1.88 bits per heavy atom. The zero-order chi connectivity index (χ0) is 11.3. The number of para-hydroxylation sites is 1. The first-order valence-electron chi connectivity index (χ1n) is 5.01. The van der Waals surface area contributed by atoms with Gasteiger partial charge in [0, 0.05) is 27.8 Å². The standard InChI is InChI=1S/C13H9BrClN/c1-16-11-5-3-2-4-8(11)12-10(15)7-6-9(14)13(12)16/h2-7H,1H3. The smallest absolute Gasteiger partial charge is 0.0648 e. The first kappa shape index (κ1) is 10.2. The molecule has 0 saturated carbocycles. The van der Waals surface area contributed by atoms with Gasteiger partial charge in [-0.3, -0.25) is 0 Å². The molecule has 3 aromatic rings. The fourth-order valence-corrected chi connectivity index (χ4v) is 3.07. The Morgan fingerprint density at radius 1 is 1.12 bits per heavy atom. The van der Waals surface area contributed by atoms with Gasteiger partial charge in [0.1, 0.15) is 0 Å². The normalized spacial score (nSPS) is 11.4. The summed E-state index contributed by atoms with van der Waals surface area (Å²) in [6.45, 7) is 0. The zero-order valence-corrected chi connectivity index (χ0v) is 11.0. The summed E-state index contributed by atoms with van der Waals surface area (Å²) < 4.78 is 3.24. The second kappa shape index (κ2) is 3.51. The SMILES string of the molecule is Cn1c2ccccc2c2c(Cl)ccc(Br)c21. The van der Waals surface area contributed by atoms with Gasteiger partial charge in [0.2, 0.25) is 0 Å². The minimum Gasteiger partial charge on any atom is -0.343 e. The predicted molar refractivity (Wildman–Crippen MR) is 73.1 cm³/mol. The Hall–Kier alpha value is -0.990. The maximum absolute atomic E-state index is 6.29. The Morgan fingerprint density at radius 3 is 2.69 bits per heavy atom. The van der Waals surface area contributed by atoms with Crippen molar-refractivity contribution in [1.82, 2.24) is 4.57 Å². The van der Waals surface area contributed by atoms with Crippen molar-refractivity contribution < 1.29 is 0 Å². The van der Waals surface area contributed by atoms with Gasteiger partial charge in [-0.25, -0.2) is 0 Å². The molecule has 1 nitrogen and oxygen atoms in total. The maximum Gasteiger partial charge on any atom is 0.0648 e. The Bertz CT molecular complexity index is 700. The van der Waals surface area contributed by atoms with Crippen LogP contribution in [0.15, 0.2) is 40.9 Å². The van der Waals surface area contributed by atoms with Crippen LogP contribution in [0, 0.1) is 0 Å². The van der Waals surface area contributed by atoms with Gasteiger partial charge in [-0.05, 0) is 34.1 Å². The maximum atomic E-state index is 6.29. The number of hydrogen-bond donors (Lipinski definition) is 0. The third-order valence-electron chi connectivity index (χ3n) is 2.95. The molecule has 0 atom stereocenters. The van der Waals surface area contributed by atoms with Crippen LogP contribution in [0.4, 0.5) is 0 Å². The van der Waals surface area contributed by atoms with Gasteiger partial charge in [0.05, 0.1) is 10.5 Å². The number of halogens is 2. The lowest BCUT2D eigenvalue weighted by atomic mass is 10.1. The quantitative estimate of drug-likeness (QED) is 0.564. The molecule has 0 spiro atoms. The highest BCUT2D eigenvalue weighted by Crippen LogP contribution is 2.37. The third-order valence-corrected chi connectivity index (χ3v) is 3.90. The predicted octanol–water partition coefficient (Wildman–Crippen LogP) is 4.75. The van der Waals surface area contributed by atoms with E-state index in [-0.39, 0.29) is 0 Å². The molecule has 3 rings (SSSR count). The summed E-state index contributed by atoms with van der Waals surface area (Å²) >= 11 is 9.87. The summed E-state index contributed by atoms with van der Waals surface area (Å²) in [5.74, 6) is 0. The van der Waals surface area contributed by atoms with E-state index in [0.29, 0.717) is 0 Å². The molecular weight excluding hydrogens is 286 g/mol. The fraction of sp³-hybridized carbons (Fsp3) is 0.0769. The van der Waals surface area contributed by atoms with E-state index >= 15 is 0 Å². The van der Waals surface area contributed by atoms with E-state index in [1.54, 1.807) is 0 Å². The van der Waals surface area contributed by atoms with Crippen LogP contribution in [-0.2, 0) is 7.05 Å². The highest BCUT2D eigenvalue weighted by Gasteiger charge is 2.12. The average Bonchev–Trinajstić information content (AvgIpc) is 2.60. The van der Waals surface area contributed by atoms with Crippen molar-refractivity contribution in [2.45, 2.75) is 0 Å². The molecule has 3 heteroatoms. The number of benzene rings is 2. The molecule has 0 fully saturated rings. The second-order valence-electron chi connectivity index (χ2n) is 3.83. The molecule has 0 aliphatic rings. The van der Waals surface area contributed by atoms with Crippen molar-refractivity contribution in [3.8, 4) is 0 Å². The summed E-state index contributed by atoms with van der Waals surface area (Å²) in [4.78, 5) is 0. The molecule has 1 heterocycles. The monoisotopic (exact) mass is 293 g/mol. The summed E-state index contributed by atoms with van der Waals surface area (Å²) in [6.07, 6.45) is 0. The molecular formula is C13H9BrClN. The zero-order valence-electron chi connectivity index (χ0n) is 8.67. The minimum absolute atomic E-state index is 0.801. The van der Waals surface area contributed by atoms with Crippen molar-refractivity contribution >= 4 is 49.3 Å². The second-order valence-corrected chi connectivity index (χ2v) is 5.09. The Balaban J connectivity index is 2.72. The van der Waals surface area contributed by atoms with Crippen LogP contribution < -0.4 is 0 Å². The van der Waals surface area contributed by atoms with Crippen molar-refractivity contribution in [2.75, 3.05) is 0 Å².